The van der Waals surface area contributed by atoms with Crippen molar-refractivity contribution >= 4 is 17.9 Å². The van der Waals surface area contributed by atoms with Crippen LogP contribution in [0.1, 0.15) is 149 Å². The molecule has 0 aliphatic carbocycles. The van der Waals surface area contributed by atoms with E-state index in [0.29, 0.717) is 19.3 Å². The molecule has 0 spiro atoms. The number of unbranched alkanes of at least 4 members (excludes halogenated alkanes) is 11. The van der Waals surface area contributed by atoms with Gasteiger partial charge in [-0.1, -0.05) is 211 Å². The molecule has 0 bridgehead atoms. The van der Waals surface area contributed by atoms with Crippen molar-refractivity contribution in [1.29, 1.82) is 0 Å². The summed E-state index contributed by atoms with van der Waals surface area (Å²) in [5.41, 5.74) is 0. The smallest absolute Gasteiger partial charge is 0.306 e. The Kier molecular flexibility index (Phi) is 43.8. The van der Waals surface area contributed by atoms with Gasteiger partial charge >= 0.3 is 17.9 Å². The lowest BCUT2D eigenvalue weighted by molar-refractivity contribution is -0.167. The number of allylic oxidation sites excluding steroid dienone is 26. The summed E-state index contributed by atoms with van der Waals surface area (Å²) in [6.45, 7) is 6.15. The van der Waals surface area contributed by atoms with Crippen LogP contribution in [0.5, 0.6) is 0 Å². The highest BCUT2D eigenvalue weighted by Gasteiger charge is 2.19. The molecule has 0 aromatic heterocycles. The van der Waals surface area contributed by atoms with Gasteiger partial charge in [0.05, 0.1) is 0 Å². The summed E-state index contributed by atoms with van der Waals surface area (Å²) in [6, 6.07) is 0. The van der Waals surface area contributed by atoms with Crippen LogP contribution in [-0.4, -0.2) is 37.2 Å². The minimum Gasteiger partial charge on any atom is -0.462 e. The second kappa shape index (κ2) is 47.7. The topological polar surface area (TPSA) is 78.9 Å². The Hall–Kier alpha value is -4.97. The van der Waals surface area contributed by atoms with Crippen molar-refractivity contribution in [2.45, 2.75) is 155 Å². The fourth-order valence-corrected chi connectivity index (χ4v) is 5.35. The lowest BCUT2D eigenvalue weighted by Gasteiger charge is -2.18. The standard InChI is InChI=1S/C55H80O6/c1-4-7-10-13-16-19-22-24-25-26-27-28-29-31-33-36-39-42-45-48-54(57)60-51-52(50-59-53(56)47-44-41-38-35-32-21-18-15-12-9-6-3)61-55(58)49-46-43-40-37-34-30-23-20-17-14-11-8-5-2/h7-8,10-11,13-34,52H,4-6,9,12,35-51H2,1-3H3/b10-7-,11-8-,16-13-,17-14-,18-15-,22-19-,23-20-,25-24-,27-26+,29-28-,32-21-,33-31-,34-30-. The number of hydrogen-bond donors (Lipinski definition) is 0. The second-order valence-corrected chi connectivity index (χ2v) is 14.5. The summed E-state index contributed by atoms with van der Waals surface area (Å²) in [4.78, 5) is 37.8. The zero-order valence-corrected chi connectivity index (χ0v) is 38.1. The molecule has 0 aromatic rings. The first-order chi connectivity index (χ1) is 30.0. The Bertz CT molecular complexity index is 1470. The average Bonchev–Trinajstić information content (AvgIpc) is 3.26. The summed E-state index contributed by atoms with van der Waals surface area (Å²) in [5, 5.41) is 0. The van der Waals surface area contributed by atoms with Gasteiger partial charge < -0.3 is 14.2 Å². The number of esters is 3. The maximum absolute atomic E-state index is 12.7. The molecule has 1 unspecified atom stereocenters. The van der Waals surface area contributed by atoms with E-state index in [2.05, 4.69) is 69.4 Å². The first kappa shape index (κ1) is 56.0. The van der Waals surface area contributed by atoms with Gasteiger partial charge in [0.25, 0.3) is 0 Å². The van der Waals surface area contributed by atoms with E-state index >= 15 is 0 Å². The normalized spacial score (nSPS) is 13.6. The van der Waals surface area contributed by atoms with E-state index in [0.717, 1.165) is 83.5 Å². The molecule has 0 radical (unpaired) electrons. The lowest BCUT2D eigenvalue weighted by atomic mass is 10.1. The van der Waals surface area contributed by atoms with Crippen molar-refractivity contribution in [2.24, 2.45) is 0 Å². The van der Waals surface area contributed by atoms with E-state index in [1.165, 1.54) is 12.8 Å². The quantitative estimate of drug-likeness (QED) is 0.0267. The van der Waals surface area contributed by atoms with Gasteiger partial charge in [0, 0.05) is 19.3 Å². The first-order valence-electron chi connectivity index (χ1n) is 23.2. The van der Waals surface area contributed by atoms with Crippen molar-refractivity contribution in [3.63, 3.8) is 0 Å². The molecule has 0 fully saturated rings. The van der Waals surface area contributed by atoms with Crippen LogP contribution in [0.3, 0.4) is 0 Å². The van der Waals surface area contributed by atoms with Crippen LogP contribution in [0, 0.1) is 0 Å². The molecule has 1 atom stereocenters. The number of carbonyl (C=O) groups excluding carboxylic acids is 3. The number of carbonyl (C=O) groups is 3. The van der Waals surface area contributed by atoms with Gasteiger partial charge in [-0.25, -0.2) is 0 Å². The Labute approximate surface area is 371 Å². The van der Waals surface area contributed by atoms with Gasteiger partial charge in [-0.05, 0) is 77.0 Å². The van der Waals surface area contributed by atoms with E-state index in [-0.39, 0.29) is 44.0 Å². The summed E-state index contributed by atoms with van der Waals surface area (Å²) >= 11 is 0. The van der Waals surface area contributed by atoms with E-state index < -0.39 is 6.10 Å². The maximum atomic E-state index is 12.7. The predicted molar refractivity (Wildman–Crippen MR) is 260 cm³/mol. The zero-order chi connectivity index (χ0) is 44.4. The Morgan fingerprint density at radius 2 is 0.639 bits per heavy atom. The Balaban J connectivity index is 4.62. The molecule has 0 aromatic carbocycles. The highest BCUT2D eigenvalue weighted by atomic mass is 16.6. The van der Waals surface area contributed by atoms with Crippen molar-refractivity contribution in [3.8, 4) is 0 Å². The van der Waals surface area contributed by atoms with E-state index in [4.69, 9.17) is 14.2 Å². The predicted octanol–water partition coefficient (Wildman–Crippen LogP) is 15.1. The Morgan fingerprint density at radius 1 is 0.344 bits per heavy atom. The number of hydrogen-bond acceptors (Lipinski definition) is 6. The van der Waals surface area contributed by atoms with Crippen molar-refractivity contribution < 1.29 is 28.6 Å². The molecular weight excluding hydrogens is 757 g/mol. The third-order valence-electron chi connectivity index (χ3n) is 8.81. The van der Waals surface area contributed by atoms with Crippen molar-refractivity contribution in [2.75, 3.05) is 13.2 Å². The van der Waals surface area contributed by atoms with E-state index in [1.54, 1.807) is 0 Å². The molecular formula is C55H80O6. The summed E-state index contributed by atoms with van der Waals surface area (Å²) in [5.74, 6) is -1.06. The van der Waals surface area contributed by atoms with Crippen LogP contribution in [0.25, 0.3) is 0 Å². The van der Waals surface area contributed by atoms with Crippen molar-refractivity contribution in [1.82, 2.24) is 0 Å². The lowest BCUT2D eigenvalue weighted by Crippen LogP contribution is -2.30. The molecule has 6 heteroatoms. The fourth-order valence-electron chi connectivity index (χ4n) is 5.35. The summed E-state index contributed by atoms with van der Waals surface area (Å²) in [7, 11) is 0. The molecule has 61 heavy (non-hydrogen) atoms. The zero-order valence-electron chi connectivity index (χ0n) is 38.1. The number of ether oxygens (including phenoxy) is 3. The van der Waals surface area contributed by atoms with Crippen molar-refractivity contribution in [3.05, 3.63) is 158 Å². The van der Waals surface area contributed by atoms with Crippen LogP contribution in [0.2, 0.25) is 0 Å². The molecule has 0 saturated heterocycles. The molecule has 336 valence electrons. The van der Waals surface area contributed by atoms with Crippen LogP contribution < -0.4 is 0 Å². The molecule has 0 rings (SSSR count). The highest BCUT2D eigenvalue weighted by molar-refractivity contribution is 5.71. The third kappa shape index (κ3) is 46.0. The molecule has 0 saturated carbocycles. The molecule has 0 heterocycles. The maximum Gasteiger partial charge on any atom is 0.306 e. The molecule has 0 N–H and O–H groups in total. The third-order valence-corrected chi connectivity index (χ3v) is 8.81. The minimum atomic E-state index is -0.835. The van der Waals surface area contributed by atoms with Gasteiger partial charge in [0.15, 0.2) is 6.10 Å². The molecule has 0 aliphatic heterocycles. The van der Waals surface area contributed by atoms with Gasteiger partial charge in [0.1, 0.15) is 13.2 Å². The first-order valence-corrected chi connectivity index (χ1v) is 23.2. The van der Waals surface area contributed by atoms with Crippen LogP contribution in [0.15, 0.2) is 158 Å². The highest BCUT2D eigenvalue weighted by Crippen LogP contribution is 2.10. The SMILES string of the molecule is CC\C=C/C=C\C=C/C=C\C=C\C=C/C=C\CCCCCC(=O)OCC(COC(=O)CCCCC/C=C\C=C/CCCC)OC(=O)CCCCC\C=C/C=C\C=C/C=C\CC. The van der Waals surface area contributed by atoms with Crippen LogP contribution in [0.4, 0.5) is 0 Å². The molecule has 0 aliphatic rings. The molecule has 6 nitrogen and oxygen atoms in total. The summed E-state index contributed by atoms with van der Waals surface area (Å²) in [6.07, 6.45) is 69.4. The minimum absolute atomic E-state index is 0.132. The fraction of sp³-hybridized carbons (Fsp3) is 0.473. The van der Waals surface area contributed by atoms with Gasteiger partial charge in [-0.3, -0.25) is 14.4 Å². The van der Waals surface area contributed by atoms with Gasteiger partial charge in [0.2, 0.25) is 0 Å². The molecule has 0 amide bonds. The van der Waals surface area contributed by atoms with Gasteiger partial charge in [-0.15, -0.1) is 0 Å². The summed E-state index contributed by atoms with van der Waals surface area (Å²) < 4.78 is 16.6. The average molecular weight is 837 g/mol. The monoisotopic (exact) mass is 837 g/mol. The van der Waals surface area contributed by atoms with Crippen LogP contribution in [-0.2, 0) is 28.6 Å². The van der Waals surface area contributed by atoms with Crippen LogP contribution >= 0.6 is 0 Å². The van der Waals surface area contributed by atoms with E-state index in [9.17, 15) is 14.4 Å². The van der Waals surface area contributed by atoms with E-state index in [1.807, 2.05) is 109 Å². The second-order valence-electron chi connectivity index (χ2n) is 14.5. The van der Waals surface area contributed by atoms with Gasteiger partial charge in [-0.2, -0.15) is 0 Å². The largest absolute Gasteiger partial charge is 0.462 e. The number of rotatable bonds is 38. The Morgan fingerprint density at radius 3 is 0.984 bits per heavy atom.